The molecule has 0 saturated carbocycles. The van der Waals surface area contributed by atoms with Gasteiger partial charge in [-0.1, -0.05) is 13.8 Å². The average Bonchev–Trinajstić information content (AvgIpc) is 2.28. The molecule has 0 aromatic heterocycles. The second-order valence-electron chi connectivity index (χ2n) is 4.23. The summed E-state index contributed by atoms with van der Waals surface area (Å²) in [6.07, 6.45) is 0. The van der Waals surface area contributed by atoms with E-state index in [2.05, 4.69) is 0 Å². The smallest absolute Gasteiger partial charge is 0.168 e. The molecule has 0 radical (unpaired) electrons. The Morgan fingerprint density at radius 2 is 1.75 bits per heavy atom. The SMILES string of the molecule is COc1cc(C(C)(C)CO)c(OC)cc1F. The highest BCUT2D eigenvalue weighted by Gasteiger charge is 2.25. The number of hydrogen-bond donors (Lipinski definition) is 1. The van der Waals surface area contributed by atoms with Crippen LogP contribution in [0, 0.1) is 5.82 Å². The van der Waals surface area contributed by atoms with Crippen LogP contribution < -0.4 is 9.47 Å². The number of benzene rings is 1. The summed E-state index contributed by atoms with van der Waals surface area (Å²) < 4.78 is 23.5. The fourth-order valence-electron chi connectivity index (χ4n) is 1.47. The van der Waals surface area contributed by atoms with Crippen molar-refractivity contribution in [2.24, 2.45) is 0 Å². The zero-order valence-corrected chi connectivity index (χ0v) is 10.0. The van der Waals surface area contributed by atoms with Crippen LogP contribution in [0.2, 0.25) is 0 Å². The fourth-order valence-corrected chi connectivity index (χ4v) is 1.47. The van der Waals surface area contributed by atoms with E-state index in [4.69, 9.17) is 9.47 Å². The van der Waals surface area contributed by atoms with Gasteiger partial charge >= 0.3 is 0 Å². The van der Waals surface area contributed by atoms with Crippen molar-refractivity contribution in [3.63, 3.8) is 0 Å². The number of rotatable bonds is 4. The molecule has 16 heavy (non-hydrogen) atoms. The van der Waals surface area contributed by atoms with E-state index in [9.17, 15) is 9.50 Å². The average molecular weight is 228 g/mol. The van der Waals surface area contributed by atoms with Crippen LogP contribution in [0.1, 0.15) is 19.4 Å². The third kappa shape index (κ3) is 2.27. The Morgan fingerprint density at radius 3 is 2.19 bits per heavy atom. The van der Waals surface area contributed by atoms with Crippen LogP contribution in [0.5, 0.6) is 11.5 Å². The van der Waals surface area contributed by atoms with Crippen molar-refractivity contribution in [2.75, 3.05) is 20.8 Å². The molecule has 1 aromatic carbocycles. The minimum absolute atomic E-state index is 0.0574. The normalized spacial score (nSPS) is 11.4. The quantitative estimate of drug-likeness (QED) is 0.857. The van der Waals surface area contributed by atoms with Crippen LogP contribution in [0.25, 0.3) is 0 Å². The second-order valence-corrected chi connectivity index (χ2v) is 4.23. The third-order valence-corrected chi connectivity index (χ3v) is 2.60. The van der Waals surface area contributed by atoms with Gasteiger partial charge in [-0.2, -0.15) is 0 Å². The summed E-state index contributed by atoms with van der Waals surface area (Å²) in [6, 6.07) is 2.83. The minimum atomic E-state index is -0.508. The highest BCUT2D eigenvalue weighted by molar-refractivity contribution is 5.45. The van der Waals surface area contributed by atoms with E-state index in [1.54, 1.807) is 6.07 Å². The summed E-state index contributed by atoms with van der Waals surface area (Å²) >= 11 is 0. The molecule has 3 nitrogen and oxygen atoms in total. The molecule has 0 aliphatic carbocycles. The predicted molar refractivity (Wildman–Crippen MR) is 59.6 cm³/mol. The van der Waals surface area contributed by atoms with E-state index in [-0.39, 0.29) is 12.4 Å². The zero-order chi connectivity index (χ0) is 12.3. The maximum atomic E-state index is 13.4. The Morgan fingerprint density at radius 1 is 1.19 bits per heavy atom. The van der Waals surface area contributed by atoms with Crippen LogP contribution >= 0.6 is 0 Å². The van der Waals surface area contributed by atoms with Crippen molar-refractivity contribution in [1.29, 1.82) is 0 Å². The van der Waals surface area contributed by atoms with Crippen LogP contribution in [-0.4, -0.2) is 25.9 Å². The molecule has 1 N–H and O–H groups in total. The van der Waals surface area contributed by atoms with Crippen LogP contribution in [-0.2, 0) is 5.41 Å². The first-order chi connectivity index (χ1) is 7.46. The third-order valence-electron chi connectivity index (χ3n) is 2.60. The summed E-state index contributed by atoms with van der Waals surface area (Å²) in [5.41, 5.74) is 0.211. The van der Waals surface area contributed by atoms with Crippen molar-refractivity contribution in [2.45, 2.75) is 19.3 Å². The number of hydrogen-bond acceptors (Lipinski definition) is 3. The first-order valence-electron chi connectivity index (χ1n) is 4.99. The molecule has 1 aromatic rings. The van der Waals surface area contributed by atoms with Gasteiger partial charge in [-0.25, -0.2) is 4.39 Å². The maximum absolute atomic E-state index is 13.4. The van der Waals surface area contributed by atoms with Crippen LogP contribution in [0.15, 0.2) is 12.1 Å². The van der Waals surface area contributed by atoms with E-state index >= 15 is 0 Å². The standard InChI is InChI=1S/C12H17FO3/c1-12(2,7-14)8-5-11(16-4)9(13)6-10(8)15-3/h5-6,14H,7H2,1-4H3. The Kier molecular flexibility index (Phi) is 3.75. The van der Waals surface area contributed by atoms with Gasteiger partial charge in [0, 0.05) is 17.0 Å². The van der Waals surface area contributed by atoms with E-state index in [1.807, 2.05) is 13.8 Å². The summed E-state index contributed by atoms with van der Waals surface area (Å²) in [4.78, 5) is 0. The maximum Gasteiger partial charge on any atom is 0.168 e. The predicted octanol–water partition coefficient (Wildman–Crippen LogP) is 2.11. The molecule has 90 valence electrons. The lowest BCUT2D eigenvalue weighted by Crippen LogP contribution is -2.23. The van der Waals surface area contributed by atoms with Gasteiger partial charge in [0.1, 0.15) is 5.75 Å². The summed E-state index contributed by atoms with van der Waals surface area (Å²) in [5.74, 6) is 0.0894. The van der Waals surface area contributed by atoms with Crippen molar-refractivity contribution < 1.29 is 19.0 Å². The zero-order valence-electron chi connectivity index (χ0n) is 10.0. The van der Waals surface area contributed by atoms with Gasteiger partial charge in [0.25, 0.3) is 0 Å². The molecule has 0 amide bonds. The monoisotopic (exact) mass is 228 g/mol. The Labute approximate surface area is 94.8 Å². The van der Waals surface area contributed by atoms with Gasteiger partial charge in [0.2, 0.25) is 0 Å². The van der Waals surface area contributed by atoms with E-state index in [1.165, 1.54) is 20.3 Å². The molecular weight excluding hydrogens is 211 g/mol. The topological polar surface area (TPSA) is 38.7 Å². The van der Waals surface area contributed by atoms with Gasteiger partial charge in [-0.15, -0.1) is 0 Å². The van der Waals surface area contributed by atoms with E-state index in [0.29, 0.717) is 5.75 Å². The highest BCUT2D eigenvalue weighted by Crippen LogP contribution is 2.35. The van der Waals surface area contributed by atoms with Crippen molar-refractivity contribution in [3.05, 3.63) is 23.5 Å². The summed E-state index contributed by atoms with van der Waals surface area (Å²) in [6.45, 7) is 3.64. The van der Waals surface area contributed by atoms with Gasteiger partial charge in [0.05, 0.1) is 20.8 Å². The van der Waals surface area contributed by atoms with Crippen LogP contribution in [0.3, 0.4) is 0 Å². The van der Waals surface area contributed by atoms with Crippen molar-refractivity contribution in [3.8, 4) is 11.5 Å². The summed E-state index contributed by atoms with van der Waals surface area (Å²) in [7, 11) is 2.87. The first kappa shape index (κ1) is 12.8. The molecule has 0 atom stereocenters. The van der Waals surface area contributed by atoms with Crippen molar-refractivity contribution >= 4 is 0 Å². The number of ether oxygens (including phenoxy) is 2. The Balaban J connectivity index is 3.36. The Bertz CT molecular complexity index is 375. The molecule has 0 unspecified atom stereocenters. The lowest BCUT2D eigenvalue weighted by Gasteiger charge is -2.25. The van der Waals surface area contributed by atoms with Gasteiger partial charge in [0.15, 0.2) is 11.6 Å². The van der Waals surface area contributed by atoms with Crippen molar-refractivity contribution in [1.82, 2.24) is 0 Å². The molecule has 0 aliphatic rings. The number of aliphatic hydroxyl groups is 1. The lowest BCUT2D eigenvalue weighted by molar-refractivity contribution is 0.214. The second kappa shape index (κ2) is 4.70. The highest BCUT2D eigenvalue weighted by atomic mass is 19.1. The first-order valence-corrected chi connectivity index (χ1v) is 4.99. The lowest BCUT2D eigenvalue weighted by atomic mass is 9.84. The molecule has 0 saturated heterocycles. The molecular formula is C12H17FO3. The van der Waals surface area contributed by atoms with Crippen LogP contribution in [0.4, 0.5) is 4.39 Å². The Hall–Kier alpha value is -1.29. The largest absolute Gasteiger partial charge is 0.496 e. The molecule has 4 heteroatoms. The van der Waals surface area contributed by atoms with E-state index in [0.717, 1.165) is 5.56 Å². The fraction of sp³-hybridized carbons (Fsp3) is 0.500. The molecule has 0 fully saturated rings. The molecule has 0 heterocycles. The molecule has 0 aliphatic heterocycles. The summed E-state index contributed by atoms with van der Waals surface area (Å²) in [5, 5.41) is 9.31. The molecule has 1 rings (SSSR count). The minimum Gasteiger partial charge on any atom is -0.496 e. The van der Waals surface area contributed by atoms with Gasteiger partial charge in [-0.3, -0.25) is 0 Å². The molecule has 0 bridgehead atoms. The van der Waals surface area contributed by atoms with Gasteiger partial charge < -0.3 is 14.6 Å². The van der Waals surface area contributed by atoms with Gasteiger partial charge in [-0.05, 0) is 6.07 Å². The number of methoxy groups -OCH3 is 2. The van der Waals surface area contributed by atoms with E-state index < -0.39 is 11.2 Å². The number of halogens is 1. The molecule has 0 spiro atoms. The number of aliphatic hydroxyl groups excluding tert-OH is 1.